The molecule has 0 amide bonds. The number of ether oxygens (including phenoxy) is 1. The standard InChI is InChI=1S/C12H16N4OS/c1-8(5-9-3-4-18-7-9)14-10-6-11(17-2)16-12(13)15-10/h3-4,6-8H,5H2,1-2H3,(H3,13,14,15,16). The molecule has 0 saturated heterocycles. The number of hydrogen-bond donors (Lipinski definition) is 2. The zero-order chi connectivity index (χ0) is 13.0. The Balaban J connectivity index is 2.02. The fraction of sp³-hybridized carbons (Fsp3) is 0.333. The van der Waals surface area contributed by atoms with Crippen LogP contribution in [0.1, 0.15) is 12.5 Å². The van der Waals surface area contributed by atoms with Gasteiger partial charge in [-0.05, 0) is 35.7 Å². The van der Waals surface area contributed by atoms with Crippen molar-refractivity contribution < 1.29 is 4.74 Å². The van der Waals surface area contributed by atoms with E-state index in [2.05, 4.69) is 39.0 Å². The van der Waals surface area contributed by atoms with Crippen LogP contribution >= 0.6 is 11.3 Å². The highest BCUT2D eigenvalue weighted by Gasteiger charge is 2.07. The number of hydrogen-bond acceptors (Lipinski definition) is 6. The van der Waals surface area contributed by atoms with Crippen molar-refractivity contribution in [3.63, 3.8) is 0 Å². The Morgan fingerprint density at radius 1 is 1.50 bits per heavy atom. The van der Waals surface area contributed by atoms with E-state index >= 15 is 0 Å². The summed E-state index contributed by atoms with van der Waals surface area (Å²) in [6.45, 7) is 2.10. The minimum absolute atomic E-state index is 0.208. The summed E-state index contributed by atoms with van der Waals surface area (Å²) in [5.41, 5.74) is 6.92. The van der Waals surface area contributed by atoms with Crippen molar-refractivity contribution in [3.8, 4) is 5.88 Å². The predicted octanol–water partition coefficient (Wildman–Crippen LogP) is 2.17. The van der Waals surface area contributed by atoms with Crippen LogP contribution in [0.4, 0.5) is 11.8 Å². The third-order valence-corrected chi connectivity index (χ3v) is 3.18. The van der Waals surface area contributed by atoms with Gasteiger partial charge in [-0.15, -0.1) is 0 Å². The molecule has 2 aromatic rings. The number of rotatable bonds is 5. The maximum atomic E-state index is 5.61. The molecule has 1 unspecified atom stereocenters. The highest BCUT2D eigenvalue weighted by atomic mass is 32.1. The second-order valence-electron chi connectivity index (χ2n) is 4.03. The van der Waals surface area contributed by atoms with Gasteiger partial charge in [-0.25, -0.2) is 0 Å². The maximum Gasteiger partial charge on any atom is 0.225 e. The van der Waals surface area contributed by atoms with Crippen LogP contribution < -0.4 is 15.8 Å². The second kappa shape index (κ2) is 5.68. The minimum atomic E-state index is 0.208. The zero-order valence-electron chi connectivity index (χ0n) is 10.4. The van der Waals surface area contributed by atoms with E-state index in [9.17, 15) is 0 Å². The number of anilines is 2. The maximum absolute atomic E-state index is 5.61. The van der Waals surface area contributed by atoms with Gasteiger partial charge in [0.1, 0.15) is 5.82 Å². The van der Waals surface area contributed by atoms with Gasteiger partial charge in [0.05, 0.1) is 7.11 Å². The lowest BCUT2D eigenvalue weighted by Gasteiger charge is -2.14. The number of methoxy groups -OCH3 is 1. The molecule has 0 saturated carbocycles. The molecule has 0 aromatic carbocycles. The molecule has 0 aliphatic heterocycles. The number of thiophene rings is 1. The summed E-state index contributed by atoms with van der Waals surface area (Å²) in [6, 6.07) is 4.12. The lowest BCUT2D eigenvalue weighted by Crippen LogP contribution is -2.19. The van der Waals surface area contributed by atoms with Crippen LogP contribution in [0.3, 0.4) is 0 Å². The van der Waals surface area contributed by atoms with Gasteiger partial charge in [0.15, 0.2) is 0 Å². The van der Waals surface area contributed by atoms with Crippen molar-refractivity contribution in [2.24, 2.45) is 0 Å². The van der Waals surface area contributed by atoms with Crippen molar-refractivity contribution in [1.29, 1.82) is 0 Å². The second-order valence-corrected chi connectivity index (χ2v) is 4.81. The molecule has 0 aliphatic rings. The molecule has 0 radical (unpaired) electrons. The molecule has 0 aliphatic carbocycles. The van der Waals surface area contributed by atoms with Crippen molar-refractivity contribution >= 4 is 23.1 Å². The quantitative estimate of drug-likeness (QED) is 0.866. The van der Waals surface area contributed by atoms with Gasteiger partial charge in [-0.2, -0.15) is 21.3 Å². The third kappa shape index (κ3) is 3.33. The average Bonchev–Trinajstić information content (AvgIpc) is 2.80. The molecule has 18 heavy (non-hydrogen) atoms. The molecule has 0 fully saturated rings. The van der Waals surface area contributed by atoms with Gasteiger partial charge >= 0.3 is 0 Å². The Hall–Kier alpha value is -1.82. The van der Waals surface area contributed by atoms with Crippen LogP contribution in [0.15, 0.2) is 22.9 Å². The van der Waals surface area contributed by atoms with E-state index in [0.717, 1.165) is 6.42 Å². The van der Waals surface area contributed by atoms with E-state index < -0.39 is 0 Å². The van der Waals surface area contributed by atoms with E-state index in [0.29, 0.717) is 11.7 Å². The first kappa shape index (κ1) is 12.6. The predicted molar refractivity (Wildman–Crippen MR) is 74.1 cm³/mol. The highest BCUT2D eigenvalue weighted by molar-refractivity contribution is 7.07. The minimum Gasteiger partial charge on any atom is -0.481 e. The number of nitrogens with zero attached hydrogens (tertiary/aromatic N) is 2. The summed E-state index contributed by atoms with van der Waals surface area (Å²) in [5.74, 6) is 1.36. The SMILES string of the molecule is COc1cc(NC(C)Cc2ccsc2)nc(N)n1. The zero-order valence-corrected chi connectivity index (χ0v) is 11.2. The van der Waals surface area contributed by atoms with Crippen molar-refractivity contribution in [2.75, 3.05) is 18.2 Å². The number of nitrogen functional groups attached to an aromatic ring is 1. The summed E-state index contributed by atoms with van der Waals surface area (Å²) < 4.78 is 5.05. The van der Waals surface area contributed by atoms with Crippen LogP contribution in [0.25, 0.3) is 0 Å². The van der Waals surface area contributed by atoms with E-state index in [1.54, 1.807) is 24.5 Å². The molecule has 96 valence electrons. The summed E-state index contributed by atoms with van der Waals surface area (Å²) in [5, 5.41) is 7.51. The van der Waals surface area contributed by atoms with Crippen molar-refractivity contribution in [2.45, 2.75) is 19.4 Å². The molecule has 5 nitrogen and oxygen atoms in total. The van der Waals surface area contributed by atoms with E-state index in [1.165, 1.54) is 5.56 Å². The van der Waals surface area contributed by atoms with Crippen molar-refractivity contribution in [1.82, 2.24) is 9.97 Å². The lowest BCUT2D eigenvalue weighted by molar-refractivity contribution is 0.398. The molecule has 1 atom stereocenters. The van der Waals surface area contributed by atoms with Gasteiger partial charge in [0.25, 0.3) is 0 Å². The van der Waals surface area contributed by atoms with E-state index in [1.807, 2.05) is 0 Å². The Kier molecular flexibility index (Phi) is 3.99. The van der Waals surface area contributed by atoms with Gasteiger partial charge < -0.3 is 15.8 Å². The molecular weight excluding hydrogens is 248 g/mol. The number of nitrogens with one attached hydrogen (secondary N) is 1. The van der Waals surface area contributed by atoms with Gasteiger partial charge in [-0.1, -0.05) is 0 Å². The normalized spacial score (nSPS) is 12.1. The molecule has 6 heteroatoms. The molecule has 2 heterocycles. The molecule has 3 N–H and O–H groups in total. The van der Waals surface area contributed by atoms with Crippen LogP contribution in [0.2, 0.25) is 0 Å². The Morgan fingerprint density at radius 3 is 3.00 bits per heavy atom. The number of aromatic nitrogens is 2. The van der Waals surface area contributed by atoms with Crippen molar-refractivity contribution in [3.05, 3.63) is 28.5 Å². The molecule has 0 bridgehead atoms. The van der Waals surface area contributed by atoms with Gasteiger partial charge in [-0.3, -0.25) is 0 Å². The monoisotopic (exact) mass is 264 g/mol. The largest absolute Gasteiger partial charge is 0.481 e. The van der Waals surface area contributed by atoms with E-state index in [4.69, 9.17) is 10.5 Å². The van der Waals surface area contributed by atoms with Gasteiger partial charge in [0.2, 0.25) is 11.8 Å². The first-order valence-electron chi connectivity index (χ1n) is 5.63. The topological polar surface area (TPSA) is 73.1 Å². The highest BCUT2D eigenvalue weighted by Crippen LogP contribution is 2.16. The van der Waals surface area contributed by atoms with E-state index in [-0.39, 0.29) is 12.0 Å². The summed E-state index contributed by atoms with van der Waals surface area (Å²) in [6.07, 6.45) is 0.940. The first-order valence-corrected chi connectivity index (χ1v) is 6.58. The Labute approximate surface area is 110 Å². The first-order chi connectivity index (χ1) is 8.67. The Bertz CT molecular complexity index is 501. The van der Waals surface area contributed by atoms with Crippen LogP contribution in [0.5, 0.6) is 5.88 Å². The smallest absolute Gasteiger partial charge is 0.225 e. The van der Waals surface area contributed by atoms with Crippen LogP contribution in [-0.2, 0) is 6.42 Å². The molecule has 2 aromatic heterocycles. The summed E-state index contributed by atoms with van der Waals surface area (Å²) in [4.78, 5) is 8.07. The molecule has 2 rings (SSSR count). The number of nitrogens with two attached hydrogens (primary N) is 1. The fourth-order valence-electron chi connectivity index (χ4n) is 1.69. The third-order valence-electron chi connectivity index (χ3n) is 2.45. The molecular formula is C12H16N4OS. The summed E-state index contributed by atoms with van der Waals surface area (Å²) in [7, 11) is 1.56. The summed E-state index contributed by atoms with van der Waals surface area (Å²) >= 11 is 1.70. The van der Waals surface area contributed by atoms with Crippen LogP contribution in [0, 0.1) is 0 Å². The van der Waals surface area contributed by atoms with Gasteiger partial charge in [0, 0.05) is 12.1 Å². The Morgan fingerprint density at radius 2 is 2.33 bits per heavy atom. The van der Waals surface area contributed by atoms with Crippen LogP contribution in [-0.4, -0.2) is 23.1 Å². The fourth-order valence-corrected chi connectivity index (χ4v) is 2.37. The lowest BCUT2D eigenvalue weighted by atomic mass is 10.1. The molecule has 0 spiro atoms. The average molecular weight is 264 g/mol.